The van der Waals surface area contributed by atoms with Gasteiger partial charge in [-0.3, -0.25) is 9.59 Å². The summed E-state index contributed by atoms with van der Waals surface area (Å²) in [6.45, 7) is 2.19. The van der Waals surface area contributed by atoms with Crippen LogP contribution in [0.3, 0.4) is 0 Å². The van der Waals surface area contributed by atoms with Gasteiger partial charge in [0, 0.05) is 17.3 Å². The molecule has 0 saturated heterocycles. The summed E-state index contributed by atoms with van der Waals surface area (Å²) in [6.07, 6.45) is 4.63. The standard InChI is InChI=1S/C22H26N2O3/c1-16-7-5-6-10-20(16)24-21(25)15-27-19-13-11-18(12-14-19)23-22(26)17-8-3-2-4-9-17/h2-4,8-9,11-14,16,20H,5-7,10,15H2,1H3,(H,23,26)(H,24,25)/t16-,20+/m0/s1. The Balaban J connectivity index is 1.46. The molecule has 0 spiro atoms. The van der Waals surface area contributed by atoms with Crippen LogP contribution in [-0.4, -0.2) is 24.5 Å². The van der Waals surface area contributed by atoms with Crippen LogP contribution in [-0.2, 0) is 4.79 Å². The van der Waals surface area contributed by atoms with E-state index in [0.717, 1.165) is 6.42 Å². The van der Waals surface area contributed by atoms with Gasteiger partial charge in [-0.2, -0.15) is 0 Å². The van der Waals surface area contributed by atoms with E-state index in [0.29, 0.717) is 22.9 Å². The largest absolute Gasteiger partial charge is 0.484 e. The van der Waals surface area contributed by atoms with Crippen LogP contribution in [0.1, 0.15) is 43.0 Å². The Morgan fingerprint density at radius 2 is 1.70 bits per heavy atom. The number of hydrogen-bond donors (Lipinski definition) is 2. The Bertz CT molecular complexity index is 759. The third-order valence-corrected chi connectivity index (χ3v) is 4.98. The van der Waals surface area contributed by atoms with Gasteiger partial charge in [0.2, 0.25) is 0 Å². The fourth-order valence-corrected chi connectivity index (χ4v) is 3.36. The van der Waals surface area contributed by atoms with E-state index in [2.05, 4.69) is 17.6 Å². The van der Waals surface area contributed by atoms with Gasteiger partial charge in [-0.25, -0.2) is 0 Å². The highest BCUT2D eigenvalue weighted by atomic mass is 16.5. The second-order valence-electron chi connectivity index (χ2n) is 7.07. The van der Waals surface area contributed by atoms with Crippen LogP contribution in [0, 0.1) is 5.92 Å². The minimum atomic E-state index is -0.162. The van der Waals surface area contributed by atoms with Crippen LogP contribution in [0.25, 0.3) is 0 Å². The molecule has 0 aliphatic heterocycles. The summed E-state index contributed by atoms with van der Waals surface area (Å²) in [4.78, 5) is 24.2. The smallest absolute Gasteiger partial charge is 0.258 e. The number of hydrogen-bond acceptors (Lipinski definition) is 3. The van der Waals surface area contributed by atoms with E-state index < -0.39 is 0 Å². The van der Waals surface area contributed by atoms with Crippen molar-refractivity contribution in [2.75, 3.05) is 11.9 Å². The zero-order chi connectivity index (χ0) is 19.1. The third kappa shape index (κ3) is 5.58. The van der Waals surface area contributed by atoms with Gasteiger partial charge in [-0.1, -0.05) is 38.0 Å². The van der Waals surface area contributed by atoms with Crippen molar-refractivity contribution in [3.05, 3.63) is 60.2 Å². The van der Waals surface area contributed by atoms with E-state index in [4.69, 9.17) is 4.74 Å². The van der Waals surface area contributed by atoms with E-state index in [1.807, 2.05) is 18.2 Å². The summed E-state index contributed by atoms with van der Waals surface area (Å²) in [6, 6.07) is 16.3. The lowest BCUT2D eigenvalue weighted by atomic mass is 9.86. The lowest BCUT2D eigenvalue weighted by molar-refractivity contribution is -0.124. The quantitative estimate of drug-likeness (QED) is 0.812. The number of amides is 2. The van der Waals surface area contributed by atoms with Crippen molar-refractivity contribution in [1.29, 1.82) is 0 Å². The van der Waals surface area contributed by atoms with Crippen LogP contribution in [0.2, 0.25) is 0 Å². The predicted octanol–water partition coefficient (Wildman–Crippen LogP) is 4.01. The molecule has 2 atom stereocenters. The molecule has 0 heterocycles. The lowest BCUT2D eigenvalue weighted by Gasteiger charge is -2.29. The van der Waals surface area contributed by atoms with Crippen LogP contribution < -0.4 is 15.4 Å². The Morgan fingerprint density at radius 3 is 2.41 bits per heavy atom. The maximum Gasteiger partial charge on any atom is 0.258 e. The van der Waals surface area contributed by atoms with Crippen molar-refractivity contribution in [3.8, 4) is 5.75 Å². The number of benzene rings is 2. The molecule has 0 unspecified atom stereocenters. The monoisotopic (exact) mass is 366 g/mol. The topological polar surface area (TPSA) is 67.4 Å². The third-order valence-electron chi connectivity index (χ3n) is 4.98. The molecule has 0 radical (unpaired) electrons. The molecule has 1 aliphatic rings. The number of nitrogens with one attached hydrogen (secondary N) is 2. The van der Waals surface area contributed by atoms with E-state index in [9.17, 15) is 9.59 Å². The highest BCUT2D eigenvalue weighted by Crippen LogP contribution is 2.23. The fraction of sp³-hybridized carbons (Fsp3) is 0.364. The van der Waals surface area contributed by atoms with Gasteiger partial charge in [0.05, 0.1) is 0 Å². The van der Waals surface area contributed by atoms with Crippen molar-refractivity contribution < 1.29 is 14.3 Å². The van der Waals surface area contributed by atoms with Gasteiger partial charge in [-0.05, 0) is 55.2 Å². The molecule has 3 rings (SSSR count). The first-order valence-corrected chi connectivity index (χ1v) is 9.50. The molecule has 2 aromatic carbocycles. The second kappa shape index (κ2) is 9.21. The molecule has 1 aliphatic carbocycles. The number of carbonyl (C=O) groups is 2. The first-order chi connectivity index (χ1) is 13.1. The summed E-state index contributed by atoms with van der Waals surface area (Å²) in [5.74, 6) is 0.871. The summed E-state index contributed by atoms with van der Waals surface area (Å²) in [5.41, 5.74) is 1.28. The number of carbonyl (C=O) groups excluding carboxylic acids is 2. The van der Waals surface area contributed by atoms with E-state index >= 15 is 0 Å². The zero-order valence-corrected chi connectivity index (χ0v) is 15.6. The minimum absolute atomic E-state index is 0.00105. The van der Waals surface area contributed by atoms with Gasteiger partial charge in [0.15, 0.2) is 6.61 Å². The Hall–Kier alpha value is -2.82. The maximum absolute atomic E-state index is 12.1. The SMILES string of the molecule is C[C@H]1CCCC[C@H]1NC(=O)COc1ccc(NC(=O)c2ccccc2)cc1. The highest BCUT2D eigenvalue weighted by Gasteiger charge is 2.22. The molecule has 5 nitrogen and oxygen atoms in total. The minimum Gasteiger partial charge on any atom is -0.484 e. The molecule has 142 valence electrons. The van der Waals surface area contributed by atoms with Crippen molar-refractivity contribution in [2.24, 2.45) is 5.92 Å². The Kier molecular flexibility index (Phi) is 6.47. The van der Waals surface area contributed by atoms with Gasteiger partial charge < -0.3 is 15.4 Å². The van der Waals surface area contributed by atoms with E-state index in [1.54, 1.807) is 36.4 Å². The lowest BCUT2D eigenvalue weighted by Crippen LogP contribution is -2.43. The van der Waals surface area contributed by atoms with Crippen LogP contribution in [0.5, 0.6) is 5.75 Å². The van der Waals surface area contributed by atoms with Gasteiger partial charge in [0.25, 0.3) is 11.8 Å². The molecule has 1 fully saturated rings. The van der Waals surface area contributed by atoms with Crippen LogP contribution in [0.15, 0.2) is 54.6 Å². The first-order valence-electron chi connectivity index (χ1n) is 9.50. The molecular formula is C22H26N2O3. The van der Waals surface area contributed by atoms with Gasteiger partial charge in [-0.15, -0.1) is 0 Å². The molecule has 2 amide bonds. The van der Waals surface area contributed by atoms with Crippen molar-refractivity contribution in [1.82, 2.24) is 5.32 Å². The summed E-state index contributed by atoms with van der Waals surface area (Å²) in [5, 5.41) is 5.91. The molecule has 2 N–H and O–H groups in total. The molecule has 0 bridgehead atoms. The van der Waals surface area contributed by atoms with Gasteiger partial charge >= 0.3 is 0 Å². The first kappa shape index (κ1) is 19.0. The zero-order valence-electron chi connectivity index (χ0n) is 15.6. The van der Waals surface area contributed by atoms with Gasteiger partial charge in [0.1, 0.15) is 5.75 Å². The molecule has 27 heavy (non-hydrogen) atoms. The average molecular weight is 366 g/mol. The second-order valence-corrected chi connectivity index (χ2v) is 7.07. The summed E-state index contributed by atoms with van der Waals surface area (Å²) < 4.78 is 5.56. The molecule has 5 heteroatoms. The van der Waals surface area contributed by atoms with Crippen LogP contribution >= 0.6 is 0 Å². The van der Waals surface area contributed by atoms with Crippen molar-refractivity contribution in [3.63, 3.8) is 0 Å². The maximum atomic E-state index is 12.1. The number of ether oxygens (including phenoxy) is 1. The van der Waals surface area contributed by atoms with Crippen molar-refractivity contribution >= 4 is 17.5 Å². The predicted molar refractivity (Wildman–Crippen MR) is 106 cm³/mol. The Labute approximate surface area is 160 Å². The fourth-order valence-electron chi connectivity index (χ4n) is 3.36. The summed E-state index contributed by atoms with van der Waals surface area (Å²) in [7, 11) is 0. The molecule has 0 aromatic heterocycles. The van der Waals surface area contributed by atoms with Crippen molar-refractivity contribution in [2.45, 2.75) is 38.6 Å². The molecule has 2 aromatic rings. The van der Waals surface area contributed by atoms with Crippen LogP contribution in [0.4, 0.5) is 5.69 Å². The van der Waals surface area contributed by atoms with E-state index in [1.165, 1.54) is 19.3 Å². The number of rotatable bonds is 6. The Morgan fingerprint density at radius 1 is 1.00 bits per heavy atom. The average Bonchev–Trinajstić information content (AvgIpc) is 2.70. The normalized spacial score (nSPS) is 19.1. The molecular weight excluding hydrogens is 340 g/mol. The highest BCUT2D eigenvalue weighted by molar-refractivity contribution is 6.04. The molecule has 1 saturated carbocycles. The summed E-state index contributed by atoms with van der Waals surface area (Å²) >= 11 is 0. The number of anilines is 1. The van der Waals surface area contributed by atoms with E-state index in [-0.39, 0.29) is 24.5 Å².